The van der Waals surface area contributed by atoms with Gasteiger partial charge in [-0.2, -0.15) is 18.3 Å². The molecule has 1 unspecified atom stereocenters. The highest BCUT2D eigenvalue weighted by Gasteiger charge is 2.59. The zero-order valence-corrected chi connectivity index (χ0v) is 26.1. The van der Waals surface area contributed by atoms with Crippen LogP contribution in [0.15, 0.2) is 90.0 Å². The number of aromatic nitrogens is 2. The lowest BCUT2D eigenvalue weighted by molar-refractivity contribution is -0.186. The predicted octanol–water partition coefficient (Wildman–Crippen LogP) is 6.14. The summed E-state index contributed by atoms with van der Waals surface area (Å²) >= 11 is 0. The maximum atomic E-state index is 14.6. The molecule has 2 aliphatic rings. The van der Waals surface area contributed by atoms with Crippen LogP contribution in [0.5, 0.6) is 0 Å². The van der Waals surface area contributed by atoms with Gasteiger partial charge in [-0.15, -0.1) is 0 Å². The lowest BCUT2D eigenvalue weighted by Gasteiger charge is -2.33. The fourth-order valence-corrected chi connectivity index (χ4v) is 7.34. The molecular formula is C34H34F4N4O3S. The van der Waals surface area contributed by atoms with E-state index in [2.05, 4.69) is 10.00 Å². The van der Waals surface area contributed by atoms with Crippen LogP contribution in [0.2, 0.25) is 0 Å². The number of hydrogen-bond acceptors (Lipinski definition) is 5. The Balaban J connectivity index is 1.26. The molecule has 12 heteroatoms. The molecule has 0 aliphatic carbocycles. The Bertz CT molecular complexity index is 1800. The highest BCUT2D eigenvalue weighted by molar-refractivity contribution is 7.90. The minimum Gasteiger partial charge on any atom is -0.337 e. The second-order valence-electron chi connectivity index (χ2n) is 12.2. The Hall–Kier alpha value is -4.03. The number of amides is 1. The summed E-state index contributed by atoms with van der Waals surface area (Å²) in [6.07, 6.45) is -0.884. The third kappa shape index (κ3) is 6.20. The van der Waals surface area contributed by atoms with Crippen molar-refractivity contribution in [3.8, 4) is 5.69 Å². The van der Waals surface area contributed by atoms with Crippen molar-refractivity contribution < 1.29 is 30.8 Å². The zero-order chi connectivity index (χ0) is 32.7. The van der Waals surface area contributed by atoms with Crippen LogP contribution in [0.1, 0.15) is 52.4 Å². The van der Waals surface area contributed by atoms with E-state index in [0.29, 0.717) is 43.9 Å². The van der Waals surface area contributed by atoms with Gasteiger partial charge in [-0.1, -0.05) is 42.5 Å². The van der Waals surface area contributed by atoms with Crippen LogP contribution >= 0.6 is 0 Å². The zero-order valence-electron chi connectivity index (χ0n) is 25.3. The van der Waals surface area contributed by atoms with Gasteiger partial charge in [0.05, 0.1) is 28.0 Å². The van der Waals surface area contributed by atoms with Gasteiger partial charge in [0.15, 0.2) is 9.84 Å². The third-order valence-electron chi connectivity index (χ3n) is 9.27. The molecule has 1 aromatic heterocycles. The van der Waals surface area contributed by atoms with Crippen molar-refractivity contribution in [2.24, 2.45) is 0 Å². The first-order valence-corrected chi connectivity index (χ1v) is 17.0. The third-order valence-corrected chi connectivity index (χ3v) is 10.4. The Labute approximate surface area is 265 Å². The number of halogens is 4. The largest absolute Gasteiger partial charge is 0.400 e. The van der Waals surface area contributed by atoms with Crippen LogP contribution in [0.3, 0.4) is 0 Å². The molecule has 3 aromatic carbocycles. The number of carbonyl (C=O) groups excluding carboxylic acids is 1. The molecule has 3 heterocycles. The summed E-state index contributed by atoms with van der Waals surface area (Å²) in [6.45, 7) is 1.43. The number of piperidine rings is 1. The van der Waals surface area contributed by atoms with E-state index in [-0.39, 0.29) is 34.9 Å². The van der Waals surface area contributed by atoms with Gasteiger partial charge >= 0.3 is 6.18 Å². The van der Waals surface area contributed by atoms with Crippen molar-refractivity contribution in [1.82, 2.24) is 19.6 Å². The molecule has 0 spiro atoms. The van der Waals surface area contributed by atoms with Gasteiger partial charge in [0, 0.05) is 31.8 Å². The van der Waals surface area contributed by atoms with Crippen molar-refractivity contribution >= 4 is 15.7 Å². The SMILES string of the molecule is CS(=O)(=O)c1ccc(CN2CCC(c3c(C(=O)N4CCC(c5ccccc5)(C(F)(F)F)C4)cnn3-c3ccc(F)cc3)CC2)cc1. The Morgan fingerprint density at radius 1 is 0.935 bits per heavy atom. The number of alkyl halides is 3. The van der Waals surface area contributed by atoms with Crippen LogP contribution in [-0.4, -0.2) is 72.5 Å². The first kappa shape index (κ1) is 31.9. The van der Waals surface area contributed by atoms with E-state index in [1.807, 2.05) is 0 Å². The molecule has 0 N–H and O–H groups in total. The molecule has 2 saturated heterocycles. The van der Waals surface area contributed by atoms with Crippen molar-refractivity contribution in [3.05, 3.63) is 113 Å². The fraction of sp³-hybridized carbons (Fsp3) is 0.353. The van der Waals surface area contributed by atoms with Gasteiger partial charge in [0.25, 0.3) is 5.91 Å². The lowest BCUT2D eigenvalue weighted by Crippen LogP contribution is -2.45. The summed E-state index contributed by atoms with van der Waals surface area (Å²) in [6, 6.07) is 20.3. The van der Waals surface area contributed by atoms with Crippen molar-refractivity contribution in [2.75, 3.05) is 32.4 Å². The number of sulfone groups is 1. The monoisotopic (exact) mass is 654 g/mol. The van der Waals surface area contributed by atoms with Crippen LogP contribution in [0.4, 0.5) is 17.6 Å². The van der Waals surface area contributed by atoms with Gasteiger partial charge in [-0.05, 0) is 79.9 Å². The first-order chi connectivity index (χ1) is 21.9. The number of nitrogens with zero attached hydrogens (tertiary/aromatic N) is 4. The van der Waals surface area contributed by atoms with Gasteiger partial charge in [0.1, 0.15) is 11.2 Å². The van der Waals surface area contributed by atoms with Crippen molar-refractivity contribution in [1.29, 1.82) is 0 Å². The maximum Gasteiger partial charge on any atom is 0.400 e. The van der Waals surface area contributed by atoms with E-state index in [9.17, 15) is 30.8 Å². The van der Waals surface area contributed by atoms with Crippen LogP contribution in [0, 0.1) is 5.82 Å². The van der Waals surface area contributed by atoms with Crippen LogP contribution < -0.4 is 0 Å². The summed E-state index contributed by atoms with van der Waals surface area (Å²) in [5.41, 5.74) is 0.362. The fourth-order valence-electron chi connectivity index (χ4n) is 6.71. The average Bonchev–Trinajstić information content (AvgIpc) is 3.69. The number of likely N-dealkylation sites (tertiary alicyclic amines) is 2. The minimum atomic E-state index is -4.55. The van der Waals surface area contributed by atoms with Gasteiger partial charge in [0.2, 0.25) is 0 Å². The van der Waals surface area contributed by atoms with Gasteiger partial charge in [-0.25, -0.2) is 17.5 Å². The Kier molecular flexibility index (Phi) is 8.53. The molecule has 1 atom stereocenters. The topological polar surface area (TPSA) is 75.5 Å². The summed E-state index contributed by atoms with van der Waals surface area (Å²) < 4.78 is 82.9. The number of carbonyl (C=O) groups is 1. The molecule has 242 valence electrons. The standard InChI is InChI=1S/C34H34F4N4O3S/c1-46(44,45)29-13-7-24(8-14-29)22-40-18-15-25(16-19-40)31-30(21-39-42(31)28-11-9-27(35)10-12-28)32(43)41-20-17-33(23-41,34(36,37)38)26-5-3-2-4-6-26/h2-14,21,25H,15-20,22-23H2,1H3. The maximum absolute atomic E-state index is 14.6. The van der Waals surface area contributed by atoms with E-state index in [4.69, 9.17) is 0 Å². The molecule has 0 radical (unpaired) electrons. The Morgan fingerprint density at radius 3 is 2.20 bits per heavy atom. The van der Waals surface area contributed by atoms with Crippen molar-refractivity contribution in [3.63, 3.8) is 0 Å². The minimum absolute atomic E-state index is 0.0506. The van der Waals surface area contributed by atoms with E-state index in [0.717, 1.165) is 5.56 Å². The van der Waals surface area contributed by atoms with E-state index in [1.54, 1.807) is 59.3 Å². The molecule has 0 saturated carbocycles. The number of benzene rings is 3. The molecule has 0 bridgehead atoms. The predicted molar refractivity (Wildman–Crippen MR) is 165 cm³/mol. The molecular weight excluding hydrogens is 620 g/mol. The molecule has 46 heavy (non-hydrogen) atoms. The van der Waals surface area contributed by atoms with E-state index in [1.165, 1.54) is 41.6 Å². The quantitative estimate of drug-likeness (QED) is 0.224. The molecule has 7 nitrogen and oxygen atoms in total. The molecule has 6 rings (SSSR count). The second kappa shape index (κ2) is 12.3. The summed E-state index contributed by atoms with van der Waals surface area (Å²) in [7, 11) is -3.29. The summed E-state index contributed by atoms with van der Waals surface area (Å²) in [5.74, 6) is -1.05. The van der Waals surface area contributed by atoms with Crippen LogP contribution in [-0.2, 0) is 21.8 Å². The average molecular weight is 655 g/mol. The van der Waals surface area contributed by atoms with Crippen molar-refractivity contribution in [2.45, 2.75) is 48.2 Å². The molecule has 4 aromatic rings. The Morgan fingerprint density at radius 2 is 1.59 bits per heavy atom. The van der Waals surface area contributed by atoms with E-state index >= 15 is 0 Å². The smallest absolute Gasteiger partial charge is 0.337 e. The van der Waals surface area contributed by atoms with Gasteiger partial charge in [-0.3, -0.25) is 9.69 Å². The number of rotatable bonds is 7. The molecule has 2 fully saturated rings. The highest BCUT2D eigenvalue weighted by atomic mass is 32.2. The summed E-state index contributed by atoms with van der Waals surface area (Å²) in [4.78, 5) is 17.8. The lowest BCUT2D eigenvalue weighted by atomic mass is 9.79. The van der Waals surface area contributed by atoms with Crippen LogP contribution in [0.25, 0.3) is 5.69 Å². The second-order valence-corrected chi connectivity index (χ2v) is 14.2. The van der Waals surface area contributed by atoms with E-state index < -0.39 is 39.7 Å². The highest BCUT2D eigenvalue weighted by Crippen LogP contribution is 2.48. The van der Waals surface area contributed by atoms with Gasteiger partial charge < -0.3 is 4.90 Å². The normalized spacial score (nSPS) is 19.9. The number of hydrogen-bond donors (Lipinski definition) is 0. The molecule has 2 aliphatic heterocycles. The molecule has 1 amide bonds. The summed E-state index contributed by atoms with van der Waals surface area (Å²) in [5, 5.41) is 4.50. The first-order valence-electron chi connectivity index (χ1n) is 15.1.